The zero-order valence-electron chi connectivity index (χ0n) is 5.19. The predicted octanol–water partition coefficient (Wildman–Crippen LogP) is 2.75. The molecule has 0 aliphatic rings. The van der Waals surface area contributed by atoms with Crippen LogP contribution in [-0.2, 0) is 0 Å². The molecule has 0 aromatic heterocycles. The summed E-state index contributed by atoms with van der Waals surface area (Å²) < 4.78 is 12.3. The summed E-state index contributed by atoms with van der Waals surface area (Å²) >= 11 is 2.70. The number of thioether (sulfide) groups is 2. The maximum absolute atomic E-state index is 12.3. The summed E-state index contributed by atoms with van der Waals surface area (Å²) in [5, 5.41) is 0. The van der Waals surface area contributed by atoms with Gasteiger partial charge in [0.1, 0.15) is 0 Å². The van der Waals surface area contributed by atoms with E-state index in [4.69, 9.17) is 0 Å². The van der Waals surface area contributed by atoms with Gasteiger partial charge in [-0.1, -0.05) is 13.8 Å². The molecular formula is C5H11FS2. The molecule has 0 fully saturated rings. The van der Waals surface area contributed by atoms with Crippen molar-refractivity contribution in [3.05, 3.63) is 0 Å². The van der Waals surface area contributed by atoms with Crippen LogP contribution >= 0.6 is 23.5 Å². The molecule has 3 heteroatoms. The third-order valence-electron chi connectivity index (χ3n) is 0.595. The van der Waals surface area contributed by atoms with Crippen molar-refractivity contribution in [2.45, 2.75) is 18.7 Å². The lowest BCUT2D eigenvalue weighted by molar-refractivity contribution is 0.568. The Hall–Kier alpha value is 0.630. The minimum absolute atomic E-state index is 0.704. The summed E-state index contributed by atoms with van der Waals surface area (Å²) in [6.07, 6.45) is 0. The van der Waals surface area contributed by atoms with Gasteiger partial charge >= 0.3 is 0 Å². The monoisotopic (exact) mass is 154 g/mol. The van der Waals surface area contributed by atoms with Crippen LogP contribution in [0.25, 0.3) is 0 Å². The van der Waals surface area contributed by atoms with Gasteiger partial charge in [-0.3, -0.25) is 0 Å². The lowest BCUT2D eigenvalue weighted by Crippen LogP contribution is -1.86. The van der Waals surface area contributed by atoms with E-state index >= 15 is 0 Å². The van der Waals surface area contributed by atoms with E-state index in [1.165, 1.54) is 23.5 Å². The van der Waals surface area contributed by atoms with Crippen LogP contribution in [0.4, 0.5) is 4.39 Å². The van der Waals surface area contributed by atoms with Crippen LogP contribution in [-0.4, -0.2) is 16.3 Å². The Labute approximate surface area is 58.6 Å². The lowest BCUT2D eigenvalue weighted by Gasteiger charge is -2.01. The lowest BCUT2D eigenvalue weighted by atomic mass is 11.0. The molecular weight excluding hydrogens is 143 g/mol. The second-order valence-corrected chi connectivity index (χ2v) is 4.13. The van der Waals surface area contributed by atoms with E-state index in [-0.39, 0.29) is 0 Å². The van der Waals surface area contributed by atoms with Gasteiger partial charge in [-0.25, -0.2) is 4.39 Å². The smallest absolute Gasteiger partial charge is 0.192 e. The van der Waals surface area contributed by atoms with Crippen LogP contribution in [0.5, 0.6) is 0 Å². The first-order chi connectivity index (χ1) is 3.81. The average Bonchev–Trinajstić information content (AvgIpc) is 1.68. The molecule has 0 N–H and O–H groups in total. The van der Waals surface area contributed by atoms with Gasteiger partial charge in [0.25, 0.3) is 0 Å². The molecule has 0 saturated carbocycles. The van der Waals surface area contributed by atoms with Crippen LogP contribution in [0.2, 0.25) is 0 Å². The van der Waals surface area contributed by atoms with Crippen LogP contribution in [0.15, 0.2) is 0 Å². The molecule has 8 heavy (non-hydrogen) atoms. The van der Waals surface area contributed by atoms with Crippen molar-refractivity contribution in [2.24, 2.45) is 0 Å². The topological polar surface area (TPSA) is 0 Å². The van der Waals surface area contributed by atoms with Crippen molar-refractivity contribution in [3.63, 3.8) is 0 Å². The van der Waals surface area contributed by atoms with E-state index in [9.17, 15) is 4.39 Å². The standard InChI is InChI=1S/C5H11FS2/c1-3-7-5(6)8-4-2/h5H,3-4H2,1-2H3. The number of hydrogen-bond acceptors (Lipinski definition) is 2. The van der Waals surface area contributed by atoms with Gasteiger partial charge in [-0.05, 0) is 11.5 Å². The normalized spacial score (nSPS) is 10.5. The van der Waals surface area contributed by atoms with E-state index in [1.807, 2.05) is 13.8 Å². The van der Waals surface area contributed by atoms with Crippen molar-refractivity contribution < 1.29 is 4.39 Å². The fraction of sp³-hybridized carbons (Fsp3) is 1.00. The van der Waals surface area contributed by atoms with Crippen LogP contribution in [0.3, 0.4) is 0 Å². The third-order valence-corrected chi connectivity index (χ3v) is 2.60. The Balaban J connectivity index is 2.92. The molecule has 0 spiro atoms. The summed E-state index contributed by atoms with van der Waals surface area (Å²) in [7, 11) is 0. The van der Waals surface area contributed by atoms with Crippen molar-refractivity contribution in [1.82, 2.24) is 0 Å². The molecule has 0 aromatic rings. The summed E-state index contributed by atoms with van der Waals surface area (Å²) in [4.78, 5) is -0.704. The van der Waals surface area contributed by atoms with Crippen LogP contribution in [0, 0.1) is 0 Å². The third kappa shape index (κ3) is 4.78. The number of rotatable bonds is 4. The van der Waals surface area contributed by atoms with Crippen molar-refractivity contribution in [3.8, 4) is 0 Å². The van der Waals surface area contributed by atoms with Gasteiger partial charge in [0.2, 0.25) is 0 Å². The zero-order valence-corrected chi connectivity index (χ0v) is 6.82. The summed E-state index contributed by atoms with van der Waals surface area (Å²) in [5.74, 6) is 1.74. The Morgan fingerprint density at radius 3 is 1.88 bits per heavy atom. The van der Waals surface area contributed by atoms with Crippen LogP contribution < -0.4 is 0 Å². The predicted molar refractivity (Wildman–Crippen MR) is 41.2 cm³/mol. The molecule has 50 valence electrons. The minimum atomic E-state index is -0.704. The fourth-order valence-electron chi connectivity index (χ4n) is 0.310. The number of hydrogen-bond donors (Lipinski definition) is 0. The second-order valence-electron chi connectivity index (χ2n) is 1.19. The largest absolute Gasteiger partial charge is 0.223 e. The Kier molecular flexibility index (Phi) is 6.21. The summed E-state index contributed by atoms with van der Waals surface area (Å²) in [6, 6.07) is 0. The maximum atomic E-state index is 12.3. The van der Waals surface area contributed by atoms with Crippen molar-refractivity contribution in [2.75, 3.05) is 11.5 Å². The van der Waals surface area contributed by atoms with Gasteiger partial charge in [0.15, 0.2) is 4.84 Å². The van der Waals surface area contributed by atoms with Gasteiger partial charge < -0.3 is 0 Å². The molecule has 0 saturated heterocycles. The molecule has 0 aliphatic carbocycles. The van der Waals surface area contributed by atoms with Crippen LogP contribution in [0.1, 0.15) is 13.8 Å². The van der Waals surface area contributed by atoms with E-state index in [2.05, 4.69) is 0 Å². The number of halogens is 1. The van der Waals surface area contributed by atoms with E-state index in [0.717, 1.165) is 11.5 Å². The highest BCUT2D eigenvalue weighted by Gasteiger charge is 2.01. The van der Waals surface area contributed by atoms with E-state index < -0.39 is 4.84 Å². The molecule has 0 aliphatic heterocycles. The van der Waals surface area contributed by atoms with Gasteiger partial charge in [0.05, 0.1) is 0 Å². The maximum Gasteiger partial charge on any atom is 0.192 e. The Bertz CT molecular complexity index is 43.7. The molecule has 0 atom stereocenters. The molecule has 0 amide bonds. The first kappa shape index (κ1) is 8.63. The Morgan fingerprint density at radius 1 is 1.25 bits per heavy atom. The minimum Gasteiger partial charge on any atom is -0.223 e. The molecule has 0 aromatic carbocycles. The summed E-state index contributed by atoms with van der Waals surface area (Å²) in [5.41, 5.74) is 0. The molecule has 0 rings (SSSR count). The highest BCUT2D eigenvalue weighted by Crippen LogP contribution is 2.23. The fourth-order valence-corrected chi connectivity index (χ4v) is 2.04. The SMILES string of the molecule is CCSC(F)SCC. The summed E-state index contributed by atoms with van der Waals surface area (Å²) in [6.45, 7) is 3.93. The van der Waals surface area contributed by atoms with Gasteiger partial charge in [-0.15, -0.1) is 23.5 Å². The van der Waals surface area contributed by atoms with Gasteiger partial charge in [0, 0.05) is 0 Å². The van der Waals surface area contributed by atoms with Crippen molar-refractivity contribution >= 4 is 23.5 Å². The number of alkyl halides is 1. The average molecular weight is 154 g/mol. The highest BCUT2D eigenvalue weighted by atomic mass is 32.2. The first-order valence-corrected chi connectivity index (χ1v) is 4.78. The Morgan fingerprint density at radius 2 is 1.62 bits per heavy atom. The molecule has 0 bridgehead atoms. The van der Waals surface area contributed by atoms with Gasteiger partial charge in [-0.2, -0.15) is 0 Å². The molecule has 0 nitrogen and oxygen atoms in total. The van der Waals surface area contributed by atoms with E-state index in [0.29, 0.717) is 0 Å². The molecule has 0 unspecified atom stereocenters. The van der Waals surface area contributed by atoms with Crippen molar-refractivity contribution in [1.29, 1.82) is 0 Å². The second kappa shape index (κ2) is 5.76. The molecule has 0 heterocycles. The molecule has 0 radical (unpaired) electrons. The van der Waals surface area contributed by atoms with E-state index in [1.54, 1.807) is 0 Å². The quantitative estimate of drug-likeness (QED) is 0.571. The highest BCUT2D eigenvalue weighted by molar-refractivity contribution is 8.16. The zero-order chi connectivity index (χ0) is 6.41. The first-order valence-electron chi connectivity index (χ1n) is 2.68.